The first-order valence-corrected chi connectivity index (χ1v) is 9.68. The van der Waals surface area contributed by atoms with Crippen LogP contribution >= 0.6 is 15.9 Å². The van der Waals surface area contributed by atoms with Crippen molar-refractivity contribution in [3.05, 3.63) is 34.3 Å². The molecule has 0 bridgehead atoms. The van der Waals surface area contributed by atoms with E-state index in [1.165, 1.54) is 14.0 Å². The molecular weight excluding hydrogens is 396 g/mol. The number of esters is 1. The quantitative estimate of drug-likeness (QED) is 0.373. The van der Waals surface area contributed by atoms with Gasteiger partial charge in [0, 0.05) is 17.6 Å². The van der Waals surface area contributed by atoms with Gasteiger partial charge in [0.05, 0.1) is 19.4 Å². The van der Waals surface area contributed by atoms with Gasteiger partial charge in [-0.05, 0) is 24.6 Å². The first-order valence-electron chi connectivity index (χ1n) is 7.27. The molecule has 0 amide bonds. The summed E-state index contributed by atoms with van der Waals surface area (Å²) in [5, 5.41) is 2.84. The first kappa shape index (κ1) is 20.6. The van der Waals surface area contributed by atoms with E-state index in [0.29, 0.717) is 0 Å². The summed E-state index contributed by atoms with van der Waals surface area (Å²) in [5.41, 5.74) is 0.772. The normalized spacial score (nSPS) is 12.6. The maximum Gasteiger partial charge on any atom is 0.323 e. The molecule has 0 unspecified atom stereocenters. The van der Waals surface area contributed by atoms with Crippen molar-refractivity contribution in [2.45, 2.75) is 19.5 Å². The number of hydrogen-bond donors (Lipinski definition) is 1. The molecule has 1 aromatic rings. The summed E-state index contributed by atoms with van der Waals surface area (Å²) in [6.07, 6.45) is 5.12. The highest BCUT2D eigenvalue weighted by molar-refractivity contribution is 9.10. The molecule has 1 rings (SSSR count). The standard InChI is InChI=1S/C16H21BrN2O4S/c1-4-9-18-10-11-24(21,22)19(13(2)16(20)23-3)12-14-5-7-15(17)8-6-14/h1,5-8,13,18H,9-12H2,2-3H3/t13-/m0/s1. The Morgan fingerprint density at radius 1 is 1.42 bits per heavy atom. The Labute approximate surface area is 151 Å². The maximum absolute atomic E-state index is 12.6. The number of sulfonamides is 1. The van der Waals surface area contributed by atoms with Gasteiger partial charge in [0.15, 0.2) is 0 Å². The number of methoxy groups -OCH3 is 1. The Balaban J connectivity index is 2.97. The van der Waals surface area contributed by atoms with E-state index in [9.17, 15) is 13.2 Å². The van der Waals surface area contributed by atoms with Gasteiger partial charge in [0.2, 0.25) is 10.0 Å². The molecule has 0 spiro atoms. The molecule has 0 aromatic heterocycles. The summed E-state index contributed by atoms with van der Waals surface area (Å²) in [5.74, 6) is 1.62. The number of benzene rings is 1. The summed E-state index contributed by atoms with van der Waals surface area (Å²) in [4.78, 5) is 11.8. The van der Waals surface area contributed by atoms with Crippen molar-refractivity contribution in [1.82, 2.24) is 9.62 Å². The van der Waals surface area contributed by atoms with Gasteiger partial charge in [-0.15, -0.1) is 6.42 Å². The lowest BCUT2D eigenvalue weighted by Crippen LogP contribution is -2.45. The Hall–Kier alpha value is -1.40. The van der Waals surface area contributed by atoms with Crippen LogP contribution in [0.4, 0.5) is 0 Å². The fourth-order valence-electron chi connectivity index (χ4n) is 2.01. The zero-order valence-electron chi connectivity index (χ0n) is 13.7. The number of carbonyl (C=O) groups is 1. The lowest BCUT2D eigenvalue weighted by Gasteiger charge is -2.26. The van der Waals surface area contributed by atoms with Crippen molar-refractivity contribution in [3.8, 4) is 12.3 Å². The molecule has 0 heterocycles. The molecule has 1 N–H and O–H groups in total. The third kappa shape index (κ3) is 6.24. The number of nitrogens with zero attached hydrogens (tertiary/aromatic N) is 1. The number of hydrogen-bond acceptors (Lipinski definition) is 5. The molecule has 0 saturated heterocycles. The predicted octanol–water partition coefficient (Wildman–Crippen LogP) is 1.37. The second-order valence-corrected chi connectivity index (χ2v) is 8.02. The molecular formula is C16H21BrN2O4S. The van der Waals surface area contributed by atoms with E-state index in [0.717, 1.165) is 14.3 Å². The second-order valence-electron chi connectivity index (χ2n) is 5.07. The van der Waals surface area contributed by atoms with Gasteiger partial charge in [-0.2, -0.15) is 4.31 Å². The van der Waals surface area contributed by atoms with Gasteiger partial charge in [-0.3, -0.25) is 4.79 Å². The minimum absolute atomic E-state index is 0.0843. The Kier molecular flexibility index (Phi) is 8.42. The fraction of sp³-hybridized carbons (Fsp3) is 0.438. The summed E-state index contributed by atoms with van der Waals surface area (Å²) in [6, 6.07) is 6.31. The van der Waals surface area contributed by atoms with Crippen LogP contribution in [0, 0.1) is 12.3 Å². The van der Waals surface area contributed by atoms with Gasteiger partial charge in [-0.25, -0.2) is 8.42 Å². The molecule has 1 atom stereocenters. The van der Waals surface area contributed by atoms with Gasteiger partial charge in [0.1, 0.15) is 6.04 Å². The molecule has 0 aliphatic heterocycles. The molecule has 1 aromatic carbocycles. The van der Waals surface area contributed by atoms with Gasteiger partial charge in [-0.1, -0.05) is 34.0 Å². The molecule has 0 aliphatic carbocycles. The fourth-order valence-corrected chi connectivity index (χ4v) is 3.83. The Bertz CT molecular complexity index is 683. The maximum atomic E-state index is 12.6. The number of nitrogens with one attached hydrogen (secondary N) is 1. The van der Waals surface area contributed by atoms with Crippen LogP contribution < -0.4 is 5.32 Å². The van der Waals surface area contributed by atoms with Crippen LogP contribution in [0.15, 0.2) is 28.7 Å². The van der Waals surface area contributed by atoms with E-state index < -0.39 is 22.0 Å². The second kappa shape index (κ2) is 9.79. The van der Waals surface area contributed by atoms with E-state index >= 15 is 0 Å². The van der Waals surface area contributed by atoms with E-state index in [1.54, 1.807) is 12.1 Å². The molecule has 6 nitrogen and oxygen atoms in total. The predicted molar refractivity (Wildman–Crippen MR) is 96.7 cm³/mol. The largest absolute Gasteiger partial charge is 0.468 e. The summed E-state index contributed by atoms with van der Waals surface area (Å²) >= 11 is 3.33. The molecule has 8 heteroatoms. The summed E-state index contributed by atoms with van der Waals surface area (Å²) < 4.78 is 32.0. The first-order chi connectivity index (χ1) is 11.3. The number of terminal acetylenes is 1. The SMILES string of the molecule is C#CCNCCS(=O)(=O)N(Cc1ccc(Br)cc1)[C@@H](C)C(=O)OC. The summed E-state index contributed by atoms with van der Waals surface area (Å²) in [6.45, 7) is 2.09. The van der Waals surface area contributed by atoms with E-state index in [1.807, 2.05) is 12.1 Å². The monoisotopic (exact) mass is 416 g/mol. The minimum Gasteiger partial charge on any atom is -0.468 e. The van der Waals surface area contributed by atoms with Crippen molar-refractivity contribution in [2.24, 2.45) is 0 Å². The summed E-state index contributed by atoms with van der Waals surface area (Å²) in [7, 11) is -2.44. The molecule has 0 fully saturated rings. The molecule has 0 aliphatic rings. The van der Waals surface area contributed by atoms with Crippen LogP contribution in [0.5, 0.6) is 0 Å². The third-order valence-corrected chi connectivity index (χ3v) is 5.76. The molecule has 132 valence electrons. The topological polar surface area (TPSA) is 75.7 Å². The molecule has 0 radical (unpaired) electrons. The van der Waals surface area contributed by atoms with Crippen LogP contribution in [0.3, 0.4) is 0 Å². The van der Waals surface area contributed by atoms with Crippen molar-refractivity contribution >= 4 is 31.9 Å². The number of rotatable bonds is 9. The zero-order valence-corrected chi connectivity index (χ0v) is 16.1. The zero-order chi connectivity index (χ0) is 18.2. The number of ether oxygens (including phenoxy) is 1. The highest BCUT2D eigenvalue weighted by Crippen LogP contribution is 2.17. The average molecular weight is 417 g/mol. The van der Waals surface area contributed by atoms with E-state index in [2.05, 4.69) is 27.2 Å². The Morgan fingerprint density at radius 3 is 2.58 bits per heavy atom. The van der Waals surface area contributed by atoms with Gasteiger partial charge < -0.3 is 10.1 Å². The number of halogens is 1. The average Bonchev–Trinajstić information content (AvgIpc) is 2.56. The number of carbonyl (C=O) groups excluding carboxylic acids is 1. The highest BCUT2D eigenvalue weighted by atomic mass is 79.9. The minimum atomic E-state index is -3.68. The van der Waals surface area contributed by atoms with Gasteiger partial charge >= 0.3 is 5.97 Å². The molecule has 24 heavy (non-hydrogen) atoms. The molecule has 0 saturated carbocycles. The van der Waals surface area contributed by atoms with Crippen LogP contribution in [0.1, 0.15) is 12.5 Å². The highest BCUT2D eigenvalue weighted by Gasteiger charge is 2.32. The lowest BCUT2D eigenvalue weighted by molar-refractivity contribution is -0.144. The van der Waals surface area contributed by atoms with Crippen LogP contribution in [0.25, 0.3) is 0 Å². The van der Waals surface area contributed by atoms with Crippen LogP contribution in [-0.4, -0.2) is 50.7 Å². The smallest absolute Gasteiger partial charge is 0.323 e. The van der Waals surface area contributed by atoms with E-state index in [-0.39, 0.29) is 25.4 Å². The van der Waals surface area contributed by atoms with Crippen molar-refractivity contribution < 1.29 is 17.9 Å². The van der Waals surface area contributed by atoms with Crippen LogP contribution in [0.2, 0.25) is 0 Å². The van der Waals surface area contributed by atoms with Crippen molar-refractivity contribution in [1.29, 1.82) is 0 Å². The van der Waals surface area contributed by atoms with Crippen LogP contribution in [-0.2, 0) is 26.1 Å². The van der Waals surface area contributed by atoms with Crippen molar-refractivity contribution in [3.63, 3.8) is 0 Å². The van der Waals surface area contributed by atoms with E-state index in [4.69, 9.17) is 11.2 Å². The Morgan fingerprint density at radius 2 is 2.04 bits per heavy atom. The van der Waals surface area contributed by atoms with Gasteiger partial charge in [0.25, 0.3) is 0 Å². The third-order valence-electron chi connectivity index (χ3n) is 3.35. The van der Waals surface area contributed by atoms with Crippen molar-refractivity contribution in [2.75, 3.05) is 26.0 Å². The lowest BCUT2D eigenvalue weighted by atomic mass is 10.2.